The van der Waals surface area contributed by atoms with E-state index in [0.717, 1.165) is 23.1 Å². The maximum absolute atomic E-state index is 14.6. The van der Waals surface area contributed by atoms with Crippen LogP contribution in [0.15, 0.2) is 48.5 Å². The van der Waals surface area contributed by atoms with Crippen molar-refractivity contribution in [1.29, 1.82) is 0 Å². The SMILES string of the molecule is CCCCN(C(=O)C(NC(=O)OC(C)(C)C)C(C)C)C(C(=O)NC(Cc1ccccc1)C(=O)OC(C)(C)C)c1cc(C)ccc1C. The van der Waals surface area contributed by atoms with E-state index in [1.807, 2.05) is 83.1 Å². The summed E-state index contributed by atoms with van der Waals surface area (Å²) in [5.74, 6) is -1.79. The zero-order valence-corrected chi connectivity index (χ0v) is 29.7. The lowest BCUT2D eigenvalue weighted by molar-refractivity contribution is -0.159. The maximum Gasteiger partial charge on any atom is 0.408 e. The quantitative estimate of drug-likeness (QED) is 0.240. The number of carbonyl (C=O) groups is 4. The van der Waals surface area contributed by atoms with Crippen LogP contribution in [0.3, 0.4) is 0 Å². The van der Waals surface area contributed by atoms with E-state index < -0.39 is 53.2 Å². The number of aryl methyl sites for hydroxylation is 2. The van der Waals surface area contributed by atoms with E-state index in [4.69, 9.17) is 9.47 Å². The Kier molecular flexibility index (Phi) is 13.8. The molecular weight excluding hydrogens is 582 g/mol. The molecule has 0 saturated heterocycles. The fourth-order valence-electron chi connectivity index (χ4n) is 4.99. The smallest absolute Gasteiger partial charge is 0.408 e. The van der Waals surface area contributed by atoms with Gasteiger partial charge in [-0.1, -0.05) is 81.3 Å². The van der Waals surface area contributed by atoms with Gasteiger partial charge in [0.05, 0.1) is 0 Å². The summed E-state index contributed by atoms with van der Waals surface area (Å²) >= 11 is 0. The molecule has 0 aliphatic carbocycles. The molecule has 2 aromatic carbocycles. The Hall–Kier alpha value is -3.88. The van der Waals surface area contributed by atoms with Crippen molar-refractivity contribution in [3.63, 3.8) is 0 Å². The molecule has 46 heavy (non-hydrogen) atoms. The minimum Gasteiger partial charge on any atom is -0.458 e. The summed E-state index contributed by atoms with van der Waals surface area (Å²) in [4.78, 5) is 57.0. The van der Waals surface area contributed by atoms with Gasteiger partial charge < -0.3 is 25.0 Å². The van der Waals surface area contributed by atoms with E-state index in [1.54, 1.807) is 41.5 Å². The summed E-state index contributed by atoms with van der Waals surface area (Å²) in [6.45, 7) is 20.4. The van der Waals surface area contributed by atoms with Gasteiger partial charge in [-0.25, -0.2) is 9.59 Å². The third-order valence-corrected chi connectivity index (χ3v) is 7.22. The number of hydrogen-bond donors (Lipinski definition) is 2. The van der Waals surface area contributed by atoms with Gasteiger partial charge in [0.1, 0.15) is 29.3 Å². The van der Waals surface area contributed by atoms with Gasteiger partial charge in [-0.15, -0.1) is 0 Å². The Bertz CT molecular complexity index is 1330. The van der Waals surface area contributed by atoms with Gasteiger partial charge in [-0.2, -0.15) is 0 Å². The number of hydrogen-bond acceptors (Lipinski definition) is 6. The fraction of sp³-hybridized carbons (Fsp3) is 0.568. The van der Waals surface area contributed by atoms with Crippen molar-refractivity contribution in [1.82, 2.24) is 15.5 Å². The van der Waals surface area contributed by atoms with E-state index in [2.05, 4.69) is 10.6 Å². The van der Waals surface area contributed by atoms with Gasteiger partial charge in [-0.3, -0.25) is 9.59 Å². The average molecular weight is 638 g/mol. The lowest BCUT2D eigenvalue weighted by Crippen LogP contribution is -2.56. The van der Waals surface area contributed by atoms with Crippen LogP contribution >= 0.6 is 0 Å². The predicted octanol–water partition coefficient (Wildman–Crippen LogP) is 6.59. The molecule has 0 heterocycles. The lowest BCUT2D eigenvalue weighted by Gasteiger charge is -2.37. The van der Waals surface area contributed by atoms with E-state index in [9.17, 15) is 19.2 Å². The molecule has 0 aliphatic rings. The van der Waals surface area contributed by atoms with Crippen LogP contribution in [-0.4, -0.2) is 58.6 Å². The van der Waals surface area contributed by atoms with Crippen molar-refractivity contribution < 1.29 is 28.7 Å². The number of alkyl carbamates (subject to hydrolysis) is 1. The summed E-state index contributed by atoms with van der Waals surface area (Å²) in [6.07, 6.45) is 0.886. The first kappa shape index (κ1) is 38.3. The van der Waals surface area contributed by atoms with Crippen LogP contribution in [-0.2, 0) is 30.3 Å². The Morgan fingerprint density at radius 2 is 1.46 bits per heavy atom. The molecule has 3 atom stereocenters. The number of ether oxygens (including phenoxy) is 2. The van der Waals surface area contributed by atoms with Crippen LogP contribution in [0.4, 0.5) is 4.79 Å². The van der Waals surface area contributed by atoms with Crippen LogP contribution in [0.5, 0.6) is 0 Å². The molecule has 3 amide bonds. The van der Waals surface area contributed by atoms with Crippen molar-refractivity contribution in [3.8, 4) is 0 Å². The Labute approximate surface area is 275 Å². The van der Waals surface area contributed by atoms with Gasteiger partial charge in [0.2, 0.25) is 11.8 Å². The van der Waals surface area contributed by atoms with Crippen molar-refractivity contribution >= 4 is 23.9 Å². The number of unbranched alkanes of at least 4 members (excludes halogenated alkanes) is 1. The molecular formula is C37H55N3O6. The fourth-order valence-corrected chi connectivity index (χ4v) is 4.99. The highest BCUT2D eigenvalue weighted by Crippen LogP contribution is 2.28. The first-order chi connectivity index (χ1) is 21.3. The van der Waals surface area contributed by atoms with Crippen LogP contribution in [0.1, 0.15) is 103 Å². The molecule has 0 spiro atoms. The third kappa shape index (κ3) is 12.1. The molecule has 2 N–H and O–H groups in total. The van der Waals surface area contributed by atoms with Crippen molar-refractivity contribution in [2.75, 3.05) is 6.54 Å². The summed E-state index contributed by atoms with van der Waals surface area (Å²) < 4.78 is 11.2. The topological polar surface area (TPSA) is 114 Å². The second-order valence-electron chi connectivity index (χ2n) is 14.3. The average Bonchev–Trinajstić information content (AvgIpc) is 2.93. The molecule has 0 aliphatic heterocycles. The molecule has 0 radical (unpaired) electrons. The van der Waals surface area contributed by atoms with Gasteiger partial charge in [0.25, 0.3) is 0 Å². The number of nitrogens with one attached hydrogen (secondary N) is 2. The van der Waals surface area contributed by atoms with E-state index in [-0.39, 0.29) is 18.9 Å². The Morgan fingerprint density at radius 3 is 2.00 bits per heavy atom. The summed E-state index contributed by atoms with van der Waals surface area (Å²) in [5, 5.41) is 5.73. The zero-order valence-electron chi connectivity index (χ0n) is 29.7. The number of rotatable bonds is 13. The summed E-state index contributed by atoms with van der Waals surface area (Å²) in [6, 6.07) is 12.1. The molecule has 2 rings (SSSR count). The highest BCUT2D eigenvalue weighted by atomic mass is 16.6. The van der Waals surface area contributed by atoms with Crippen LogP contribution in [0.25, 0.3) is 0 Å². The monoisotopic (exact) mass is 637 g/mol. The number of benzene rings is 2. The number of esters is 1. The molecule has 0 aromatic heterocycles. The molecule has 2 aromatic rings. The second kappa shape index (κ2) is 16.6. The second-order valence-corrected chi connectivity index (χ2v) is 14.3. The zero-order chi connectivity index (χ0) is 34.8. The number of carbonyl (C=O) groups excluding carboxylic acids is 4. The summed E-state index contributed by atoms with van der Waals surface area (Å²) in [7, 11) is 0. The first-order valence-electron chi connectivity index (χ1n) is 16.3. The minimum atomic E-state index is -1.08. The van der Waals surface area contributed by atoms with Gasteiger partial charge in [0, 0.05) is 13.0 Å². The maximum atomic E-state index is 14.6. The standard InChI is InChI=1S/C37H55N3O6/c1-12-13-21-40(33(42)30(24(2)3)39-35(44)46-37(9,10)11)31(28-22-25(4)19-20-26(28)5)32(41)38-29(34(43)45-36(6,7)8)23-27-17-15-14-16-18-27/h14-20,22,24,29-31H,12-13,21,23H2,1-11H3,(H,38,41)(H,39,44). The summed E-state index contributed by atoms with van der Waals surface area (Å²) in [5.41, 5.74) is 1.70. The van der Waals surface area contributed by atoms with Crippen LogP contribution in [0.2, 0.25) is 0 Å². The molecule has 9 nitrogen and oxygen atoms in total. The highest BCUT2D eigenvalue weighted by molar-refractivity contribution is 5.94. The molecule has 3 unspecified atom stereocenters. The first-order valence-corrected chi connectivity index (χ1v) is 16.3. The Morgan fingerprint density at radius 1 is 0.848 bits per heavy atom. The predicted molar refractivity (Wildman–Crippen MR) is 181 cm³/mol. The molecule has 0 bridgehead atoms. The normalized spacial score (nSPS) is 13.7. The van der Waals surface area contributed by atoms with Crippen molar-refractivity contribution in [2.24, 2.45) is 5.92 Å². The van der Waals surface area contributed by atoms with Crippen molar-refractivity contribution in [2.45, 2.75) is 125 Å². The molecule has 9 heteroatoms. The third-order valence-electron chi connectivity index (χ3n) is 7.22. The van der Waals surface area contributed by atoms with Crippen molar-refractivity contribution in [3.05, 3.63) is 70.8 Å². The molecule has 254 valence electrons. The number of amides is 3. The van der Waals surface area contributed by atoms with Gasteiger partial charge in [-0.05, 0) is 84.4 Å². The van der Waals surface area contributed by atoms with Crippen LogP contribution in [0, 0.1) is 19.8 Å². The molecule has 0 saturated carbocycles. The van der Waals surface area contributed by atoms with Gasteiger partial charge >= 0.3 is 12.1 Å². The number of nitrogens with zero attached hydrogens (tertiary/aromatic N) is 1. The van der Waals surface area contributed by atoms with E-state index in [0.29, 0.717) is 12.0 Å². The van der Waals surface area contributed by atoms with E-state index in [1.165, 1.54) is 4.90 Å². The van der Waals surface area contributed by atoms with E-state index >= 15 is 0 Å². The highest BCUT2D eigenvalue weighted by Gasteiger charge is 2.39. The van der Waals surface area contributed by atoms with Gasteiger partial charge in [0.15, 0.2) is 0 Å². The Balaban J connectivity index is 2.65. The van der Waals surface area contributed by atoms with Crippen LogP contribution < -0.4 is 10.6 Å². The lowest BCUT2D eigenvalue weighted by atomic mass is 9.94. The minimum absolute atomic E-state index is 0.207. The largest absolute Gasteiger partial charge is 0.458 e. The molecule has 0 fully saturated rings.